The molecule has 1 rings (SSSR count). The van der Waals surface area contributed by atoms with Crippen molar-refractivity contribution in [2.75, 3.05) is 19.6 Å². The summed E-state index contributed by atoms with van der Waals surface area (Å²) in [4.78, 5) is 14.0. The van der Waals surface area contributed by atoms with E-state index in [1.807, 2.05) is 27.7 Å². The molecule has 1 saturated heterocycles. The standard InChI is InChI=1S/C14H25F3N2O/c1-5-10-6-11(18-9-14(15,16)17)8-19(7-10)12(20)13(2,3)4/h10-11,18H,5-9H2,1-4H3. The van der Waals surface area contributed by atoms with Crippen molar-refractivity contribution < 1.29 is 18.0 Å². The summed E-state index contributed by atoms with van der Waals surface area (Å²) in [5, 5.41) is 2.54. The van der Waals surface area contributed by atoms with E-state index in [1.54, 1.807) is 4.90 Å². The van der Waals surface area contributed by atoms with Gasteiger partial charge in [0.15, 0.2) is 0 Å². The van der Waals surface area contributed by atoms with Gasteiger partial charge in [0.25, 0.3) is 0 Å². The van der Waals surface area contributed by atoms with Crippen LogP contribution in [0.25, 0.3) is 0 Å². The van der Waals surface area contributed by atoms with E-state index in [4.69, 9.17) is 0 Å². The van der Waals surface area contributed by atoms with Gasteiger partial charge in [-0.25, -0.2) is 0 Å². The van der Waals surface area contributed by atoms with Crippen molar-refractivity contribution in [2.24, 2.45) is 11.3 Å². The third kappa shape index (κ3) is 5.31. The van der Waals surface area contributed by atoms with Crippen LogP contribution in [0.1, 0.15) is 40.5 Å². The molecule has 1 amide bonds. The lowest BCUT2D eigenvalue weighted by Gasteiger charge is -2.40. The van der Waals surface area contributed by atoms with Crippen LogP contribution in [0.4, 0.5) is 13.2 Å². The summed E-state index contributed by atoms with van der Waals surface area (Å²) in [5.41, 5.74) is -0.496. The number of alkyl halides is 3. The Morgan fingerprint density at radius 1 is 1.25 bits per heavy atom. The summed E-state index contributed by atoms with van der Waals surface area (Å²) in [5.74, 6) is 0.273. The second-order valence-corrected chi connectivity index (χ2v) is 6.66. The van der Waals surface area contributed by atoms with Crippen LogP contribution >= 0.6 is 0 Å². The van der Waals surface area contributed by atoms with E-state index in [-0.39, 0.29) is 17.9 Å². The lowest BCUT2D eigenvalue weighted by molar-refractivity contribution is -0.143. The van der Waals surface area contributed by atoms with E-state index in [1.165, 1.54) is 0 Å². The van der Waals surface area contributed by atoms with E-state index in [2.05, 4.69) is 5.32 Å². The van der Waals surface area contributed by atoms with Crippen molar-refractivity contribution in [1.82, 2.24) is 10.2 Å². The quantitative estimate of drug-likeness (QED) is 0.868. The molecule has 1 heterocycles. The molecule has 0 bridgehead atoms. The maximum Gasteiger partial charge on any atom is 0.401 e. The van der Waals surface area contributed by atoms with Crippen molar-refractivity contribution in [3.63, 3.8) is 0 Å². The highest BCUT2D eigenvalue weighted by molar-refractivity contribution is 5.81. The van der Waals surface area contributed by atoms with E-state index in [9.17, 15) is 18.0 Å². The fraction of sp³-hybridized carbons (Fsp3) is 0.929. The first-order chi connectivity index (χ1) is 9.03. The Hall–Kier alpha value is -0.780. The van der Waals surface area contributed by atoms with Crippen molar-refractivity contribution in [2.45, 2.75) is 52.8 Å². The maximum atomic E-state index is 12.3. The predicted molar refractivity (Wildman–Crippen MR) is 72.3 cm³/mol. The minimum absolute atomic E-state index is 0.00876. The zero-order valence-corrected chi connectivity index (χ0v) is 12.7. The van der Waals surface area contributed by atoms with Crippen LogP contribution in [0.2, 0.25) is 0 Å². The second-order valence-electron chi connectivity index (χ2n) is 6.66. The Kier molecular flexibility index (Phi) is 5.46. The van der Waals surface area contributed by atoms with E-state index in [0.29, 0.717) is 19.5 Å². The summed E-state index contributed by atoms with van der Waals surface area (Å²) >= 11 is 0. The smallest absolute Gasteiger partial charge is 0.340 e. The SMILES string of the molecule is CCC1CC(NCC(F)(F)F)CN(C(=O)C(C)(C)C)C1. The topological polar surface area (TPSA) is 32.3 Å². The van der Waals surface area contributed by atoms with Gasteiger partial charge in [-0.05, 0) is 12.3 Å². The van der Waals surface area contributed by atoms with Gasteiger partial charge in [-0.3, -0.25) is 4.79 Å². The van der Waals surface area contributed by atoms with Crippen molar-refractivity contribution >= 4 is 5.91 Å². The van der Waals surface area contributed by atoms with Crippen LogP contribution in [-0.4, -0.2) is 42.7 Å². The number of hydrogen-bond donors (Lipinski definition) is 1. The molecule has 1 aliphatic heterocycles. The van der Waals surface area contributed by atoms with Crippen LogP contribution < -0.4 is 5.32 Å². The minimum Gasteiger partial charge on any atom is -0.340 e. The molecule has 118 valence electrons. The first kappa shape index (κ1) is 17.3. The van der Waals surface area contributed by atoms with Gasteiger partial charge in [0.05, 0.1) is 6.54 Å². The molecule has 20 heavy (non-hydrogen) atoms. The summed E-state index contributed by atoms with van der Waals surface area (Å²) in [6, 6.07) is -0.276. The highest BCUT2D eigenvalue weighted by atomic mass is 19.4. The van der Waals surface area contributed by atoms with E-state index < -0.39 is 18.1 Å². The zero-order chi connectivity index (χ0) is 15.6. The third-order valence-electron chi connectivity index (χ3n) is 3.63. The van der Waals surface area contributed by atoms with Crippen molar-refractivity contribution in [3.05, 3.63) is 0 Å². The van der Waals surface area contributed by atoms with Crippen LogP contribution in [0, 0.1) is 11.3 Å². The Balaban J connectivity index is 2.67. The van der Waals surface area contributed by atoms with Gasteiger partial charge in [-0.1, -0.05) is 34.1 Å². The number of piperidine rings is 1. The van der Waals surface area contributed by atoms with Gasteiger partial charge in [-0.2, -0.15) is 13.2 Å². The van der Waals surface area contributed by atoms with Crippen molar-refractivity contribution in [1.29, 1.82) is 0 Å². The number of rotatable bonds is 3. The van der Waals surface area contributed by atoms with E-state index >= 15 is 0 Å². The van der Waals surface area contributed by atoms with Gasteiger partial charge in [-0.15, -0.1) is 0 Å². The molecule has 0 aromatic heterocycles. The average molecular weight is 294 g/mol. The third-order valence-corrected chi connectivity index (χ3v) is 3.63. The molecule has 3 nitrogen and oxygen atoms in total. The van der Waals surface area contributed by atoms with Crippen LogP contribution in [-0.2, 0) is 4.79 Å². The highest BCUT2D eigenvalue weighted by Gasteiger charge is 2.35. The monoisotopic (exact) mass is 294 g/mol. The van der Waals surface area contributed by atoms with Crippen molar-refractivity contribution in [3.8, 4) is 0 Å². The molecule has 1 aliphatic rings. The summed E-state index contributed by atoms with van der Waals surface area (Å²) in [7, 11) is 0. The van der Waals surface area contributed by atoms with Gasteiger partial charge >= 0.3 is 6.18 Å². The first-order valence-corrected chi connectivity index (χ1v) is 7.12. The number of halogens is 3. The zero-order valence-electron chi connectivity index (χ0n) is 12.7. The molecule has 0 radical (unpaired) electrons. The van der Waals surface area contributed by atoms with Gasteiger partial charge in [0.2, 0.25) is 5.91 Å². The Morgan fingerprint density at radius 2 is 1.85 bits per heavy atom. The predicted octanol–water partition coefficient (Wildman–Crippen LogP) is 2.81. The summed E-state index contributed by atoms with van der Waals surface area (Å²) in [6.07, 6.45) is -2.64. The van der Waals surface area contributed by atoms with E-state index in [0.717, 1.165) is 6.42 Å². The normalized spacial score (nSPS) is 24.9. The summed E-state index contributed by atoms with van der Waals surface area (Å²) in [6.45, 7) is 7.54. The lowest BCUT2D eigenvalue weighted by atomic mass is 9.88. The number of hydrogen-bond acceptors (Lipinski definition) is 2. The number of amides is 1. The molecule has 0 aliphatic carbocycles. The molecular weight excluding hydrogens is 269 g/mol. The number of likely N-dealkylation sites (tertiary alicyclic amines) is 1. The fourth-order valence-electron chi connectivity index (χ4n) is 2.55. The Morgan fingerprint density at radius 3 is 2.30 bits per heavy atom. The molecule has 1 fully saturated rings. The fourth-order valence-corrected chi connectivity index (χ4v) is 2.55. The van der Waals surface area contributed by atoms with Gasteiger partial charge in [0, 0.05) is 24.5 Å². The second kappa shape index (κ2) is 6.33. The van der Waals surface area contributed by atoms with Crippen LogP contribution in [0.5, 0.6) is 0 Å². The molecule has 0 saturated carbocycles. The Bertz CT molecular complexity index is 336. The molecule has 0 aromatic rings. The molecular formula is C14H25F3N2O. The molecule has 6 heteroatoms. The molecule has 0 aromatic carbocycles. The highest BCUT2D eigenvalue weighted by Crippen LogP contribution is 2.25. The molecule has 2 atom stereocenters. The Labute approximate surface area is 118 Å². The lowest BCUT2D eigenvalue weighted by Crippen LogP contribution is -2.54. The molecule has 0 spiro atoms. The minimum atomic E-state index is -4.21. The van der Waals surface area contributed by atoms with Gasteiger partial charge < -0.3 is 10.2 Å². The van der Waals surface area contributed by atoms with Gasteiger partial charge in [0.1, 0.15) is 0 Å². The number of nitrogens with one attached hydrogen (secondary N) is 1. The summed E-state index contributed by atoms with van der Waals surface area (Å²) < 4.78 is 36.9. The number of carbonyl (C=O) groups excluding carboxylic acids is 1. The molecule has 1 N–H and O–H groups in total. The number of nitrogens with zero attached hydrogens (tertiary/aromatic N) is 1. The van der Waals surface area contributed by atoms with Crippen LogP contribution in [0.15, 0.2) is 0 Å². The number of carbonyl (C=O) groups is 1. The first-order valence-electron chi connectivity index (χ1n) is 7.12. The van der Waals surface area contributed by atoms with Crippen LogP contribution in [0.3, 0.4) is 0 Å². The average Bonchev–Trinajstić information content (AvgIpc) is 2.33. The molecule has 2 unspecified atom stereocenters. The maximum absolute atomic E-state index is 12.3. The largest absolute Gasteiger partial charge is 0.401 e.